The van der Waals surface area contributed by atoms with Crippen molar-refractivity contribution < 1.29 is 13.2 Å². The lowest BCUT2D eigenvalue weighted by Crippen LogP contribution is -2.26. The average molecular weight is 410 g/mol. The second-order valence-corrected chi connectivity index (χ2v) is 8.69. The van der Waals surface area contributed by atoms with Gasteiger partial charge in [0.2, 0.25) is 5.91 Å². The minimum absolute atomic E-state index is 0.0327. The van der Waals surface area contributed by atoms with E-state index in [1.807, 2.05) is 31.2 Å². The SMILES string of the molecule is C[C@@H](NC(=O)CCc1cccc(Br)c1)c1ccc(S(C)(=O)=O)cc1. The molecule has 0 aromatic heterocycles. The molecule has 6 heteroatoms. The van der Waals surface area contributed by atoms with E-state index in [1.165, 1.54) is 6.26 Å². The molecule has 0 aliphatic heterocycles. The van der Waals surface area contributed by atoms with Gasteiger partial charge in [-0.3, -0.25) is 4.79 Å². The Labute approximate surface area is 151 Å². The van der Waals surface area contributed by atoms with Crippen molar-refractivity contribution in [3.63, 3.8) is 0 Å². The Morgan fingerprint density at radius 3 is 2.42 bits per heavy atom. The molecule has 2 aromatic carbocycles. The molecule has 0 saturated carbocycles. The quantitative estimate of drug-likeness (QED) is 0.791. The maximum Gasteiger partial charge on any atom is 0.220 e. The summed E-state index contributed by atoms with van der Waals surface area (Å²) < 4.78 is 23.9. The van der Waals surface area contributed by atoms with Gasteiger partial charge < -0.3 is 5.32 Å². The summed E-state index contributed by atoms with van der Waals surface area (Å²) >= 11 is 3.42. The fourth-order valence-corrected chi connectivity index (χ4v) is 3.43. The van der Waals surface area contributed by atoms with Crippen LogP contribution in [0.15, 0.2) is 57.9 Å². The van der Waals surface area contributed by atoms with Crippen LogP contribution < -0.4 is 5.32 Å². The highest BCUT2D eigenvalue weighted by atomic mass is 79.9. The average Bonchev–Trinajstić information content (AvgIpc) is 2.52. The first kappa shape index (κ1) is 18.7. The van der Waals surface area contributed by atoms with Gasteiger partial charge >= 0.3 is 0 Å². The normalized spacial score (nSPS) is 12.6. The monoisotopic (exact) mass is 409 g/mol. The number of amides is 1. The number of aryl methyl sites for hydroxylation is 1. The molecule has 1 atom stereocenters. The van der Waals surface area contributed by atoms with Crippen molar-refractivity contribution in [3.8, 4) is 0 Å². The summed E-state index contributed by atoms with van der Waals surface area (Å²) in [5, 5.41) is 2.94. The largest absolute Gasteiger partial charge is 0.350 e. The molecule has 128 valence electrons. The first-order valence-electron chi connectivity index (χ1n) is 7.59. The maximum absolute atomic E-state index is 12.1. The van der Waals surface area contributed by atoms with E-state index in [0.29, 0.717) is 12.8 Å². The second kappa shape index (κ2) is 7.94. The van der Waals surface area contributed by atoms with Crippen molar-refractivity contribution in [3.05, 3.63) is 64.1 Å². The van der Waals surface area contributed by atoms with E-state index in [2.05, 4.69) is 21.2 Å². The summed E-state index contributed by atoms with van der Waals surface area (Å²) in [6.07, 6.45) is 2.25. The maximum atomic E-state index is 12.1. The number of hydrogen-bond acceptors (Lipinski definition) is 3. The molecule has 0 radical (unpaired) electrons. The molecule has 1 amide bonds. The van der Waals surface area contributed by atoms with Crippen LogP contribution >= 0.6 is 15.9 Å². The molecule has 0 spiro atoms. The van der Waals surface area contributed by atoms with Gasteiger partial charge in [-0.15, -0.1) is 0 Å². The zero-order chi connectivity index (χ0) is 17.7. The minimum Gasteiger partial charge on any atom is -0.350 e. The number of hydrogen-bond donors (Lipinski definition) is 1. The van der Waals surface area contributed by atoms with Gasteiger partial charge in [0.25, 0.3) is 0 Å². The first-order chi connectivity index (χ1) is 11.3. The predicted octanol–water partition coefficient (Wildman–Crippen LogP) is 3.66. The summed E-state index contributed by atoms with van der Waals surface area (Å²) in [7, 11) is -3.20. The van der Waals surface area contributed by atoms with Gasteiger partial charge in [-0.25, -0.2) is 8.42 Å². The van der Waals surface area contributed by atoms with E-state index in [4.69, 9.17) is 0 Å². The van der Waals surface area contributed by atoms with Crippen molar-refractivity contribution in [2.24, 2.45) is 0 Å². The Bertz CT molecular complexity index is 816. The fraction of sp³-hybridized carbons (Fsp3) is 0.278. The summed E-state index contributed by atoms with van der Waals surface area (Å²) in [6.45, 7) is 1.88. The molecule has 0 bridgehead atoms. The Kier molecular flexibility index (Phi) is 6.18. The van der Waals surface area contributed by atoms with E-state index >= 15 is 0 Å². The Morgan fingerprint density at radius 1 is 1.17 bits per heavy atom. The standard InChI is InChI=1S/C18H20BrNO3S/c1-13(15-7-9-17(10-8-15)24(2,22)23)20-18(21)11-6-14-4-3-5-16(19)12-14/h3-5,7-10,12-13H,6,11H2,1-2H3,(H,20,21)/t13-/m1/s1. The summed E-state index contributed by atoms with van der Waals surface area (Å²) in [5.74, 6) is -0.0327. The minimum atomic E-state index is -3.20. The zero-order valence-electron chi connectivity index (χ0n) is 13.6. The Hall–Kier alpha value is -1.66. The summed E-state index contributed by atoms with van der Waals surface area (Å²) in [6, 6.07) is 14.3. The zero-order valence-corrected chi connectivity index (χ0v) is 16.0. The van der Waals surface area contributed by atoms with Gasteiger partial charge in [-0.1, -0.05) is 40.2 Å². The number of carbonyl (C=O) groups excluding carboxylic acids is 1. The molecule has 1 N–H and O–H groups in total. The molecular formula is C18H20BrNO3S. The highest BCUT2D eigenvalue weighted by molar-refractivity contribution is 9.10. The van der Waals surface area contributed by atoms with Crippen LogP contribution in [0.25, 0.3) is 0 Å². The van der Waals surface area contributed by atoms with Crippen molar-refractivity contribution in [1.82, 2.24) is 5.32 Å². The lowest BCUT2D eigenvalue weighted by Gasteiger charge is -2.15. The van der Waals surface area contributed by atoms with E-state index in [0.717, 1.165) is 15.6 Å². The van der Waals surface area contributed by atoms with Crippen LogP contribution in [0.4, 0.5) is 0 Å². The van der Waals surface area contributed by atoms with Crippen molar-refractivity contribution >= 4 is 31.7 Å². The van der Waals surface area contributed by atoms with Crippen LogP contribution in [0, 0.1) is 0 Å². The summed E-state index contributed by atoms with van der Waals surface area (Å²) in [5.41, 5.74) is 1.97. The van der Waals surface area contributed by atoms with E-state index in [1.54, 1.807) is 24.3 Å². The van der Waals surface area contributed by atoms with Crippen LogP contribution in [0.3, 0.4) is 0 Å². The molecular weight excluding hydrogens is 390 g/mol. The number of sulfone groups is 1. The smallest absolute Gasteiger partial charge is 0.220 e. The molecule has 0 unspecified atom stereocenters. The lowest BCUT2D eigenvalue weighted by molar-refractivity contribution is -0.121. The van der Waals surface area contributed by atoms with Gasteiger partial charge in [0.05, 0.1) is 10.9 Å². The van der Waals surface area contributed by atoms with Crippen molar-refractivity contribution in [2.45, 2.75) is 30.7 Å². The lowest BCUT2D eigenvalue weighted by atomic mass is 10.1. The Balaban J connectivity index is 1.91. The van der Waals surface area contributed by atoms with Crippen LogP contribution in [0.5, 0.6) is 0 Å². The second-order valence-electron chi connectivity index (χ2n) is 5.76. The predicted molar refractivity (Wildman–Crippen MR) is 98.6 cm³/mol. The van der Waals surface area contributed by atoms with Gasteiger partial charge in [0.15, 0.2) is 9.84 Å². The van der Waals surface area contributed by atoms with Crippen LogP contribution in [-0.4, -0.2) is 20.6 Å². The van der Waals surface area contributed by atoms with Gasteiger partial charge in [0.1, 0.15) is 0 Å². The molecule has 0 fully saturated rings. The van der Waals surface area contributed by atoms with Crippen molar-refractivity contribution in [2.75, 3.05) is 6.26 Å². The number of benzene rings is 2. The number of carbonyl (C=O) groups is 1. The van der Waals surface area contributed by atoms with Gasteiger partial charge in [-0.05, 0) is 48.7 Å². The molecule has 0 saturated heterocycles. The number of nitrogens with one attached hydrogen (secondary N) is 1. The topological polar surface area (TPSA) is 63.2 Å². The van der Waals surface area contributed by atoms with Gasteiger partial charge in [-0.2, -0.15) is 0 Å². The van der Waals surface area contributed by atoms with Gasteiger partial charge in [0, 0.05) is 17.1 Å². The van der Waals surface area contributed by atoms with E-state index in [9.17, 15) is 13.2 Å². The number of rotatable bonds is 6. The molecule has 0 heterocycles. The third kappa shape index (κ3) is 5.46. The van der Waals surface area contributed by atoms with Crippen LogP contribution in [0.1, 0.15) is 30.5 Å². The first-order valence-corrected chi connectivity index (χ1v) is 10.3. The molecule has 2 aromatic rings. The number of halogens is 1. The highest BCUT2D eigenvalue weighted by Gasteiger charge is 2.12. The Morgan fingerprint density at radius 2 is 1.83 bits per heavy atom. The molecule has 0 aliphatic carbocycles. The summed E-state index contributed by atoms with van der Waals surface area (Å²) in [4.78, 5) is 12.4. The van der Waals surface area contributed by atoms with E-state index < -0.39 is 9.84 Å². The molecule has 0 aliphatic rings. The van der Waals surface area contributed by atoms with Crippen molar-refractivity contribution in [1.29, 1.82) is 0 Å². The fourth-order valence-electron chi connectivity index (χ4n) is 2.35. The molecule has 4 nitrogen and oxygen atoms in total. The molecule has 24 heavy (non-hydrogen) atoms. The third-order valence-corrected chi connectivity index (χ3v) is 5.34. The van der Waals surface area contributed by atoms with Crippen LogP contribution in [0.2, 0.25) is 0 Å². The highest BCUT2D eigenvalue weighted by Crippen LogP contribution is 2.17. The van der Waals surface area contributed by atoms with E-state index in [-0.39, 0.29) is 16.8 Å². The van der Waals surface area contributed by atoms with Crippen LogP contribution in [-0.2, 0) is 21.1 Å². The molecule has 2 rings (SSSR count). The third-order valence-electron chi connectivity index (χ3n) is 3.72.